The maximum atomic E-state index is 12.0. The third kappa shape index (κ3) is 5.52. The molecule has 0 aromatic rings. The maximum absolute atomic E-state index is 12.0. The average molecular weight is 255 g/mol. The van der Waals surface area contributed by atoms with Gasteiger partial charge in [-0.15, -0.1) is 0 Å². The highest BCUT2D eigenvalue weighted by Gasteiger charge is 2.25. The Bertz CT molecular complexity index is 283. The molecule has 0 aliphatic carbocycles. The van der Waals surface area contributed by atoms with Crippen LogP contribution >= 0.6 is 0 Å². The summed E-state index contributed by atoms with van der Waals surface area (Å²) in [6.07, 6.45) is 5.46. The van der Waals surface area contributed by atoms with Crippen molar-refractivity contribution in [2.75, 3.05) is 13.1 Å². The molecule has 1 aliphatic rings. The van der Waals surface area contributed by atoms with E-state index < -0.39 is 5.60 Å². The number of likely N-dealkylation sites (tertiary alicyclic amines) is 1. The topological polar surface area (TPSA) is 46.6 Å². The molecule has 1 unspecified atom stereocenters. The Morgan fingerprint density at radius 1 is 1.39 bits per heavy atom. The molecule has 0 saturated carbocycles. The van der Waals surface area contributed by atoms with Gasteiger partial charge < -0.3 is 14.4 Å². The van der Waals surface area contributed by atoms with Gasteiger partial charge in [0.05, 0.1) is 0 Å². The van der Waals surface area contributed by atoms with Gasteiger partial charge in [0.1, 0.15) is 11.9 Å². The first-order valence-electron chi connectivity index (χ1n) is 6.84. The molecule has 1 fully saturated rings. The highest BCUT2D eigenvalue weighted by Crippen LogP contribution is 2.22. The van der Waals surface area contributed by atoms with Crippen LogP contribution in [0.5, 0.6) is 0 Å². The van der Waals surface area contributed by atoms with E-state index >= 15 is 0 Å². The number of carbonyl (C=O) groups excluding carboxylic acids is 2. The molecule has 0 aromatic heterocycles. The number of amides is 1. The molecule has 0 N–H and O–H groups in total. The normalized spacial score (nSPS) is 21.3. The molecular weight excluding hydrogens is 230 g/mol. The van der Waals surface area contributed by atoms with Crippen LogP contribution in [-0.2, 0) is 9.53 Å². The quantitative estimate of drug-likeness (QED) is 0.728. The van der Waals surface area contributed by atoms with Gasteiger partial charge in [0.15, 0.2) is 0 Å². The summed E-state index contributed by atoms with van der Waals surface area (Å²) in [4.78, 5) is 24.3. The molecule has 104 valence electrons. The van der Waals surface area contributed by atoms with E-state index in [0.717, 1.165) is 45.1 Å². The Balaban J connectivity index is 2.52. The highest BCUT2D eigenvalue weighted by molar-refractivity contribution is 5.68. The Labute approximate surface area is 110 Å². The second kappa shape index (κ2) is 6.76. The average Bonchev–Trinajstić information content (AvgIpc) is 2.49. The van der Waals surface area contributed by atoms with E-state index in [9.17, 15) is 9.59 Å². The third-order valence-corrected chi connectivity index (χ3v) is 3.11. The number of aldehydes is 1. The first kappa shape index (κ1) is 15.0. The molecular formula is C14H25NO3. The lowest BCUT2D eigenvalue weighted by Gasteiger charge is -2.28. The lowest BCUT2D eigenvalue weighted by molar-refractivity contribution is -0.108. The largest absolute Gasteiger partial charge is 0.444 e. The van der Waals surface area contributed by atoms with Gasteiger partial charge in [-0.2, -0.15) is 0 Å². The molecule has 1 saturated heterocycles. The van der Waals surface area contributed by atoms with Gasteiger partial charge in [-0.1, -0.05) is 6.42 Å². The number of carbonyl (C=O) groups is 2. The summed E-state index contributed by atoms with van der Waals surface area (Å²) in [5, 5.41) is 0. The van der Waals surface area contributed by atoms with Crippen LogP contribution < -0.4 is 0 Å². The molecule has 1 amide bonds. The van der Waals surface area contributed by atoms with Crippen LogP contribution in [0.4, 0.5) is 4.79 Å². The van der Waals surface area contributed by atoms with Crippen molar-refractivity contribution >= 4 is 12.4 Å². The molecule has 4 heteroatoms. The summed E-state index contributed by atoms with van der Waals surface area (Å²) in [5.41, 5.74) is -0.443. The van der Waals surface area contributed by atoms with Crippen LogP contribution in [0.2, 0.25) is 0 Å². The molecule has 1 aliphatic heterocycles. The van der Waals surface area contributed by atoms with Gasteiger partial charge in [0, 0.05) is 19.5 Å². The Morgan fingerprint density at radius 3 is 2.72 bits per heavy atom. The second-order valence-electron chi connectivity index (χ2n) is 6.03. The van der Waals surface area contributed by atoms with Crippen molar-refractivity contribution in [2.24, 2.45) is 5.92 Å². The van der Waals surface area contributed by atoms with Crippen LogP contribution in [0.15, 0.2) is 0 Å². The van der Waals surface area contributed by atoms with Gasteiger partial charge in [-0.3, -0.25) is 0 Å². The zero-order valence-electron chi connectivity index (χ0n) is 11.8. The SMILES string of the molecule is CC(C)(C)OC(=O)N1CCCCC(CCC=O)C1. The van der Waals surface area contributed by atoms with Crippen LogP contribution in [0, 0.1) is 5.92 Å². The molecule has 0 aromatic carbocycles. The van der Waals surface area contributed by atoms with E-state index in [1.54, 1.807) is 4.90 Å². The van der Waals surface area contributed by atoms with Crippen molar-refractivity contribution in [1.82, 2.24) is 4.90 Å². The standard InChI is InChI=1S/C14H25NO3/c1-14(2,3)18-13(17)15-9-5-4-7-12(11-15)8-6-10-16/h10,12H,4-9,11H2,1-3H3. The van der Waals surface area contributed by atoms with Crippen LogP contribution in [0.1, 0.15) is 52.9 Å². The zero-order valence-corrected chi connectivity index (χ0v) is 11.8. The summed E-state index contributed by atoms with van der Waals surface area (Å²) >= 11 is 0. The van der Waals surface area contributed by atoms with E-state index in [-0.39, 0.29) is 6.09 Å². The minimum atomic E-state index is -0.443. The Hall–Kier alpha value is -1.06. The fraction of sp³-hybridized carbons (Fsp3) is 0.857. The minimum Gasteiger partial charge on any atom is -0.444 e. The first-order valence-corrected chi connectivity index (χ1v) is 6.84. The van der Waals surface area contributed by atoms with Gasteiger partial charge in [-0.25, -0.2) is 4.79 Å². The maximum Gasteiger partial charge on any atom is 0.410 e. The van der Waals surface area contributed by atoms with Crippen molar-refractivity contribution in [3.63, 3.8) is 0 Å². The summed E-state index contributed by atoms with van der Waals surface area (Å²) in [6, 6.07) is 0. The molecule has 0 spiro atoms. The second-order valence-corrected chi connectivity index (χ2v) is 6.03. The first-order chi connectivity index (χ1) is 8.42. The fourth-order valence-electron chi connectivity index (χ4n) is 2.26. The predicted molar refractivity (Wildman–Crippen MR) is 70.4 cm³/mol. The lowest BCUT2D eigenvalue weighted by Crippen LogP contribution is -2.39. The van der Waals surface area contributed by atoms with Gasteiger partial charge in [-0.05, 0) is 46.0 Å². The summed E-state index contributed by atoms with van der Waals surface area (Å²) in [6.45, 7) is 7.14. The van der Waals surface area contributed by atoms with E-state index in [1.807, 2.05) is 20.8 Å². The molecule has 1 atom stereocenters. The molecule has 1 rings (SSSR count). The smallest absolute Gasteiger partial charge is 0.410 e. The Kier molecular flexibility index (Phi) is 5.63. The van der Waals surface area contributed by atoms with Crippen molar-refractivity contribution in [2.45, 2.75) is 58.5 Å². The molecule has 18 heavy (non-hydrogen) atoms. The number of hydrogen-bond acceptors (Lipinski definition) is 3. The summed E-state index contributed by atoms with van der Waals surface area (Å²) in [7, 11) is 0. The predicted octanol–water partition coefficient (Wildman–Crippen LogP) is 3.00. The van der Waals surface area contributed by atoms with Crippen molar-refractivity contribution in [3.05, 3.63) is 0 Å². The minimum absolute atomic E-state index is 0.222. The van der Waals surface area contributed by atoms with E-state index in [2.05, 4.69) is 0 Å². The van der Waals surface area contributed by atoms with Crippen LogP contribution in [-0.4, -0.2) is 36.0 Å². The molecule has 0 radical (unpaired) electrons. The van der Waals surface area contributed by atoms with Crippen LogP contribution in [0.3, 0.4) is 0 Å². The van der Waals surface area contributed by atoms with Gasteiger partial charge in [0.2, 0.25) is 0 Å². The van der Waals surface area contributed by atoms with Crippen molar-refractivity contribution < 1.29 is 14.3 Å². The third-order valence-electron chi connectivity index (χ3n) is 3.11. The van der Waals surface area contributed by atoms with Crippen LogP contribution in [0.25, 0.3) is 0 Å². The number of hydrogen-bond donors (Lipinski definition) is 0. The van der Waals surface area contributed by atoms with E-state index in [0.29, 0.717) is 12.3 Å². The Morgan fingerprint density at radius 2 is 2.11 bits per heavy atom. The fourth-order valence-corrected chi connectivity index (χ4v) is 2.26. The monoisotopic (exact) mass is 255 g/mol. The number of rotatable bonds is 3. The zero-order chi connectivity index (χ0) is 13.6. The van der Waals surface area contributed by atoms with Gasteiger partial charge in [0.25, 0.3) is 0 Å². The van der Waals surface area contributed by atoms with Gasteiger partial charge >= 0.3 is 6.09 Å². The molecule has 0 bridgehead atoms. The lowest BCUT2D eigenvalue weighted by atomic mass is 9.98. The van der Waals surface area contributed by atoms with Crippen molar-refractivity contribution in [1.29, 1.82) is 0 Å². The molecule has 4 nitrogen and oxygen atoms in total. The van der Waals surface area contributed by atoms with E-state index in [1.165, 1.54) is 0 Å². The number of nitrogens with zero attached hydrogens (tertiary/aromatic N) is 1. The molecule has 1 heterocycles. The van der Waals surface area contributed by atoms with Crippen molar-refractivity contribution in [3.8, 4) is 0 Å². The number of ether oxygens (including phenoxy) is 1. The summed E-state index contributed by atoms with van der Waals surface area (Å²) < 4.78 is 5.40. The summed E-state index contributed by atoms with van der Waals surface area (Å²) in [5.74, 6) is 0.435. The van der Waals surface area contributed by atoms with E-state index in [4.69, 9.17) is 4.74 Å². The highest BCUT2D eigenvalue weighted by atomic mass is 16.6.